The highest BCUT2D eigenvalue weighted by molar-refractivity contribution is 6.30. The van der Waals surface area contributed by atoms with E-state index in [1.165, 1.54) is 18.2 Å². The molecule has 1 aliphatic heterocycles. The molecule has 42 heavy (non-hydrogen) atoms. The second-order valence-electron chi connectivity index (χ2n) is 10.5. The fourth-order valence-corrected chi connectivity index (χ4v) is 7.08. The number of nitrogens with one attached hydrogen (secondary N) is 1. The van der Waals surface area contributed by atoms with Crippen molar-refractivity contribution in [2.75, 3.05) is 4.90 Å². The van der Waals surface area contributed by atoms with Crippen molar-refractivity contribution in [2.45, 2.75) is 11.3 Å². The Labute approximate surface area is 244 Å². The van der Waals surface area contributed by atoms with E-state index in [0.717, 1.165) is 27.2 Å². The molecule has 1 heterocycles. The molecule has 4 aromatic carbocycles. The van der Waals surface area contributed by atoms with Gasteiger partial charge in [0.25, 0.3) is 11.6 Å². The van der Waals surface area contributed by atoms with Gasteiger partial charge in [-0.1, -0.05) is 72.3 Å². The van der Waals surface area contributed by atoms with Gasteiger partial charge in [-0.3, -0.25) is 24.5 Å². The normalized spacial score (nSPS) is 23.5. The molecule has 206 valence electrons. The van der Waals surface area contributed by atoms with Gasteiger partial charge in [0.1, 0.15) is 5.69 Å². The molecule has 4 aromatic rings. The monoisotopic (exact) mass is 576 g/mol. The topological polar surface area (TPSA) is 122 Å². The molecule has 0 aromatic heterocycles. The number of carbonyl (C=O) groups is 3. The van der Waals surface area contributed by atoms with Crippen LogP contribution in [0.3, 0.4) is 0 Å². The Morgan fingerprint density at radius 3 is 2.12 bits per heavy atom. The zero-order valence-electron chi connectivity index (χ0n) is 21.8. The molecule has 3 amide bonds. The summed E-state index contributed by atoms with van der Waals surface area (Å²) in [7, 11) is 0. The lowest BCUT2D eigenvalue weighted by Gasteiger charge is -2.52. The Bertz CT molecular complexity index is 1810. The first-order valence-corrected chi connectivity index (χ1v) is 13.6. The van der Waals surface area contributed by atoms with E-state index < -0.39 is 45.8 Å². The number of anilines is 1. The lowest BCUT2D eigenvalue weighted by atomic mass is 9.47. The van der Waals surface area contributed by atoms with E-state index in [1.807, 2.05) is 48.5 Å². The van der Waals surface area contributed by atoms with Crippen molar-refractivity contribution in [3.8, 4) is 0 Å². The molecule has 1 N–H and O–H groups in total. The van der Waals surface area contributed by atoms with Gasteiger partial charge in [0.05, 0.1) is 22.2 Å². The van der Waals surface area contributed by atoms with Gasteiger partial charge in [0.15, 0.2) is 0 Å². The van der Waals surface area contributed by atoms with E-state index >= 15 is 0 Å². The minimum atomic E-state index is -1.23. The van der Waals surface area contributed by atoms with Crippen molar-refractivity contribution >= 4 is 46.9 Å². The molecule has 8 rings (SSSR count). The summed E-state index contributed by atoms with van der Waals surface area (Å²) < 4.78 is 0. The van der Waals surface area contributed by atoms with E-state index in [0.29, 0.717) is 10.6 Å². The van der Waals surface area contributed by atoms with Crippen LogP contribution in [0.2, 0.25) is 5.02 Å². The van der Waals surface area contributed by atoms with Crippen LogP contribution in [-0.2, 0) is 15.0 Å². The van der Waals surface area contributed by atoms with Crippen molar-refractivity contribution < 1.29 is 19.3 Å². The van der Waals surface area contributed by atoms with Crippen molar-refractivity contribution in [1.82, 2.24) is 5.43 Å². The van der Waals surface area contributed by atoms with Crippen LogP contribution in [0, 0.1) is 22.0 Å². The van der Waals surface area contributed by atoms with E-state index in [9.17, 15) is 24.5 Å². The maximum absolute atomic E-state index is 14.4. The number of benzene rings is 4. The SMILES string of the molecule is O=C(N/N=C\C12c3ccccc3C(c3ccccc31)[C@@H]1C(=O)N(c3ccccc3[N+](=O)[O-])C(=O)[C@H]12)c1ccc(Cl)cc1. The van der Waals surface area contributed by atoms with Crippen molar-refractivity contribution in [3.05, 3.63) is 140 Å². The molecular formula is C32H21ClN4O5. The van der Waals surface area contributed by atoms with Crippen LogP contribution in [0.4, 0.5) is 11.4 Å². The fraction of sp³-hybridized carbons (Fsp3) is 0.125. The molecule has 10 heteroatoms. The summed E-state index contributed by atoms with van der Waals surface area (Å²) in [6.07, 6.45) is 1.54. The summed E-state index contributed by atoms with van der Waals surface area (Å²) in [6, 6.07) is 27.3. The van der Waals surface area contributed by atoms with Crippen LogP contribution < -0.4 is 10.3 Å². The smallest absolute Gasteiger partial charge is 0.274 e. The average molecular weight is 577 g/mol. The molecule has 2 bridgehead atoms. The zero-order valence-corrected chi connectivity index (χ0v) is 22.6. The second kappa shape index (κ2) is 9.46. The first-order chi connectivity index (χ1) is 20.3. The predicted octanol–water partition coefficient (Wildman–Crippen LogP) is 5.21. The summed E-state index contributed by atoms with van der Waals surface area (Å²) >= 11 is 5.96. The van der Waals surface area contributed by atoms with Gasteiger partial charge in [-0.25, -0.2) is 10.3 Å². The highest BCUT2D eigenvalue weighted by Crippen LogP contribution is 2.63. The Morgan fingerprint density at radius 1 is 0.881 bits per heavy atom. The molecule has 2 atom stereocenters. The highest BCUT2D eigenvalue weighted by atomic mass is 35.5. The number of nitro benzene ring substituents is 1. The number of amides is 3. The largest absolute Gasteiger partial charge is 0.293 e. The first kappa shape index (κ1) is 25.8. The molecule has 0 unspecified atom stereocenters. The first-order valence-electron chi connectivity index (χ1n) is 13.2. The number of hydrazone groups is 1. The standard InChI is InChI=1S/C32H21ClN4O5/c33-19-15-13-18(14-16-19)29(38)35-34-17-32-22-9-3-1-7-20(22)26(21-8-2-4-10-23(21)32)27-28(32)31(40)36(30(27)39)24-11-5-6-12-25(24)37(41)42/h1-17,26-28H,(H,35,38)/b34-17-/t26?,27-,28-,32?/m0/s1. The number of nitro groups is 1. The van der Waals surface area contributed by atoms with Gasteiger partial charge < -0.3 is 0 Å². The van der Waals surface area contributed by atoms with Crippen molar-refractivity contribution in [3.63, 3.8) is 0 Å². The molecule has 9 nitrogen and oxygen atoms in total. The minimum absolute atomic E-state index is 0.0671. The summed E-state index contributed by atoms with van der Waals surface area (Å²) in [5.41, 5.74) is 4.61. The van der Waals surface area contributed by atoms with Crippen LogP contribution in [0.15, 0.2) is 102 Å². The van der Waals surface area contributed by atoms with E-state index in [4.69, 9.17) is 11.6 Å². The van der Waals surface area contributed by atoms with Gasteiger partial charge in [-0.2, -0.15) is 5.10 Å². The van der Waals surface area contributed by atoms with Crippen LogP contribution in [-0.4, -0.2) is 28.9 Å². The fourth-order valence-electron chi connectivity index (χ4n) is 6.95. The molecule has 0 spiro atoms. The second-order valence-corrected chi connectivity index (χ2v) is 10.9. The quantitative estimate of drug-likeness (QED) is 0.151. The number of para-hydroxylation sites is 2. The van der Waals surface area contributed by atoms with Gasteiger partial charge in [-0.15, -0.1) is 0 Å². The average Bonchev–Trinajstić information content (AvgIpc) is 3.28. The number of hydrogen-bond donors (Lipinski definition) is 1. The van der Waals surface area contributed by atoms with Gasteiger partial charge in [0, 0.05) is 28.8 Å². The predicted molar refractivity (Wildman–Crippen MR) is 155 cm³/mol. The number of carbonyl (C=O) groups excluding carboxylic acids is 3. The highest BCUT2D eigenvalue weighted by Gasteiger charge is 2.68. The molecule has 1 fully saturated rings. The Balaban J connectivity index is 1.41. The van der Waals surface area contributed by atoms with Crippen LogP contribution in [0.25, 0.3) is 0 Å². The van der Waals surface area contributed by atoms with Crippen LogP contribution >= 0.6 is 11.6 Å². The van der Waals surface area contributed by atoms with E-state index in [1.54, 1.807) is 36.5 Å². The molecule has 1 saturated heterocycles. The van der Waals surface area contributed by atoms with E-state index in [-0.39, 0.29) is 11.4 Å². The number of hydrogen-bond acceptors (Lipinski definition) is 6. The number of imide groups is 1. The maximum Gasteiger partial charge on any atom is 0.293 e. The summed E-state index contributed by atoms with van der Waals surface area (Å²) in [5, 5.41) is 16.8. The van der Waals surface area contributed by atoms with Gasteiger partial charge in [-0.05, 0) is 52.6 Å². The van der Waals surface area contributed by atoms with Gasteiger partial charge in [0.2, 0.25) is 11.8 Å². The van der Waals surface area contributed by atoms with Gasteiger partial charge >= 0.3 is 0 Å². The van der Waals surface area contributed by atoms with Crippen molar-refractivity contribution in [2.24, 2.45) is 16.9 Å². The third-order valence-electron chi connectivity index (χ3n) is 8.54. The van der Waals surface area contributed by atoms with Crippen LogP contribution in [0.1, 0.15) is 38.5 Å². The zero-order chi connectivity index (χ0) is 29.2. The maximum atomic E-state index is 14.4. The molecule has 0 radical (unpaired) electrons. The molecule has 3 aliphatic carbocycles. The lowest BCUT2D eigenvalue weighted by Crippen LogP contribution is -2.54. The lowest BCUT2D eigenvalue weighted by molar-refractivity contribution is -0.384. The van der Waals surface area contributed by atoms with Crippen LogP contribution in [0.5, 0.6) is 0 Å². The minimum Gasteiger partial charge on any atom is -0.274 e. The molecular weight excluding hydrogens is 556 g/mol. The number of nitrogens with zero attached hydrogens (tertiary/aromatic N) is 3. The Kier molecular flexibility index (Phi) is 5.81. The Morgan fingerprint density at radius 2 is 1.48 bits per heavy atom. The van der Waals surface area contributed by atoms with E-state index in [2.05, 4.69) is 10.5 Å². The summed E-state index contributed by atoms with van der Waals surface area (Å²) in [6.45, 7) is 0. The Hall–Kier alpha value is -5.15. The third-order valence-corrected chi connectivity index (χ3v) is 8.80. The van der Waals surface area contributed by atoms with Crippen molar-refractivity contribution in [1.29, 1.82) is 0 Å². The molecule has 4 aliphatic rings. The molecule has 0 saturated carbocycles. The number of halogens is 1. The summed E-state index contributed by atoms with van der Waals surface area (Å²) in [4.78, 5) is 53.8. The summed E-state index contributed by atoms with van der Waals surface area (Å²) in [5.74, 6) is -3.75. The number of rotatable bonds is 5. The third kappa shape index (κ3) is 3.50.